The molecule has 2 aromatic carbocycles. The number of hydrogen-bond donors (Lipinski definition) is 1. The van der Waals surface area contributed by atoms with E-state index in [1.807, 2.05) is 0 Å². The van der Waals surface area contributed by atoms with Gasteiger partial charge in [0.25, 0.3) is 0 Å². The van der Waals surface area contributed by atoms with Crippen LogP contribution in [0.3, 0.4) is 0 Å². The van der Waals surface area contributed by atoms with Crippen molar-refractivity contribution in [3.8, 4) is 5.75 Å². The fourth-order valence-electron chi connectivity index (χ4n) is 3.43. The molecular formula is C24H34O. The summed E-state index contributed by atoms with van der Waals surface area (Å²) in [6, 6.07) is 8.82. The quantitative estimate of drug-likeness (QED) is 0.662. The highest BCUT2D eigenvalue weighted by atomic mass is 16.3. The van der Waals surface area contributed by atoms with Gasteiger partial charge < -0.3 is 5.11 Å². The Kier molecular flexibility index (Phi) is 5.10. The van der Waals surface area contributed by atoms with Crippen molar-refractivity contribution in [3.63, 3.8) is 0 Å². The molecule has 136 valence electrons. The Morgan fingerprint density at radius 2 is 1.20 bits per heavy atom. The molecule has 1 N–H and O–H groups in total. The number of aromatic hydroxyl groups is 1. The smallest absolute Gasteiger partial charge is 0.123 e. The summed E-state index contributed by atoms with van der Waals surface area (Å²) in [5.41, 5.74) is 8.65. The zero-order chi connectivity index (χ0) is 19.2. The molecule has 2 rings (SSSR count). The molecule has 25 heavy (non-hydrogen) atoms. The molecule has 0 atom stereocenters. The van der Waals surface area contributed by atoms with E-state index < -0.39 is 0 Å². The second-order valence-electron chi connectivity index (χ2n) is 9.52. The standard InChI is InChI=1S/C24H34O/c1-15-10-11-16(2)19(17(15)3)12-18-13-20(23(4,5)6)22(25)21(14-18)24(7,8)9/h10-11,13-14,25H,12H2,1-9H3. The van der Waals surface area contributed by atoms with E-state index in [-0.39, 0.29) is 10.8 Å². The normalized spacial score (nSPS) is 12.5. The third-order valence-electron chi connectivity index (χ3n) is 5.27. The van der Waals surface area contributed by atoms with Gasteiger partial charge in [0.05, 0.1) is 0 Å². The summed E-state index contributed by atoms with van der Waals surface area (Å²) in [5, 5.41) is 10.9. The van der Waals surface area contributed by atoms with Crippen LogP contribution in [-0.2, 0) is 17.3 Å². The van der Waals surface area contributed by atoms with Crippen LogP contribution in [0.15, 0.2) is 24.3 Å². The summed E-state index contributed by atoms with van der Waals surface area (Å²) >= 11 is 0. The van der Waals surface area contributed by atoms with E-state index in [9.17, 15) is 5.11 Å². The summed E-state index contributed by atoms with van der Waals surface area (Å²) in [7, 11) is 0. The molecule has 0 fully saturated rings. The van der Waals surface area contributed by atoms with Gasteiger partial charge in [0.2, 0.25) is 0 Å². The molecule has 1 nitrogen and oxygen atoms in total. The second-order valence-corrected chi connectivity index (χ2v) is 9.52. The van der Waals surface area contributed by atoms with Crippen LogP contribution < -0.4 is 0 Å². The molecule has 0 radical (unpaired) electrons. The molecular weight excluding hydrogens is 304 g/mol. The lowest BCUT2D eigenvalue weighted by Crippen LogP contribution is -2.18. The minimum absolute atomic E-state index is 0.0865. The Hall–Kier alpha value is -1.76. The molecule has 0 amide bonds. The Balaban J connectivity index is 2.66. The van der Waals surface area contributed by atoms with Gasteiger partial charge in [-0.1, -0.05) is 65.8 Å². The molecule has 1 heteroatoms. The molecule has 0 aromatic heterocycles. The molecule has 0 aliphatic heterocycles. The number of phenolic OH excluding ortho intramolecular Hbond substituents is 1. The summed E-state index contributed by atoms with van der Waals surface area (Å²) in [6.45, 7) is 19.6. The van der Waals surface area contributed by atoms with E-state index in [4.69, 9.17) is 0 Å². The minimum Gasteiger partial charge on any atom is -0.507 e. The van der Waals surface area contributed by atoms with Crippen LogP contribution in [0.4, 0.5) is 0 Å². The Labute approximate surface area is 154 Å². The van der Waals surface area contributed by atoms with Crippen molar-refractivity contribution >= 4 is 0 Å². The lowest BCUT2D eigenvalue weighted by atomic mass is 9.77. The average molecular weight is 339 g/mol. The first-order chi connectivity index (χ1) is 11.3. The van der Waals surface area contributed by atoms with Crippen LogP contribution >= 0.6 is 0 Å². The molecule has 0 bridgehead atoms. The largest absolute Gasteiger partial charge is 0.507 e. The zero-order valence-electron chi connectivity index (χ0n) is 17.5. The molecule has 0 saturated heterocycles. The van der Waals surface area contributed by atoms with Crippen LogP contribution in [-0.4, -0.2) is 5.11 Å². The highest BCUT2D eigenvalue weighted by Gasteiger charge is 2.26. The Morgan fingerprint density at radius 1 is 0.760 bits per heavy atom. The van der Waals surface area contributed by atoms with Crippen molar-refractivity contribution in [2.24, 2.45) is 0 Å². The first-order valence-corrected chi connectivity index (χ1v) is 9.25. The molecule has 0 spiro atoms. The molecule has 0 unspecified atom stereocenters. The van der Waals surface area contributed by atoms with E-state index in [2.05, 4.69) is 86.6 Å². The number of hydrogen-bond acceptors (Lipinski definition) is 1. The molecule has 0 aliphatic carbocycles. The summed E-state index contributed by atoms with van der Waals surface area (Å²) < 4.78 is 0. The fourth-order valence-corrected chi connectivity index (χ4v) is 3.43. The number of aryl methyl sites for hydroxylation is 2. The van der Waals surface area contributed by atoms with Crippen LogP contribution in [0.25, 0.3) is 0 Å². The van der Waals surface area contributed by atoms with Crippen molar-refractivity contribution in [3.05, 3.63) is 63.2 Å². The number of phenols is 1. The predicted molar refractivity (Wildman–Crippen MR) is 109 cm³/mol. The van der Waals surface area contributed by atoms with Gasteiger partial charge in [0.15, 0.2) is 0 Å². The highest BCUT2D eigenvalue weighted by Crippen LogP contribution is 2.40. The van der Waals surface area contributed by atoms with Gasteiger partial charge in [-0.15, -0.1) is 0 Å². The van der Waals surface area contributed by atoms with Gasteiger partial charge in [0.1, 0.15) is 5.75 Å². The van der Waals surface area contributed by atoms with Crippen molar-refractivity contribution in [1.29, 1.82) is 0 Å². The monoisotopic (exact) mass is 338 g/mol. The summed E-state index contributed by atoms with van der Waals surface area (Å²) in [5.74, 6) is 0.460. The lowest BCUT2D eigenvalue weighted by Gasteiger charge is -2.28. The minimum atomic E-state index is -0.0865. The summed E-state index contributed by atoms with van der Waals surface area (Å²) in [4.78, 5) is 0. The van der Waals surface area contributed by atoms with Gasteiger partial charge in [-0.25, -0.2) is 0 Å². The van der Waals surface area contributed by atoms with Gasteiger partial charge >= 0.3 is 0 Å². The van der Waals surface area contributed by atoms with Gasteiger partial charge in [-0.2, -0.15) is 0 Å². The van der Waals surface area contributed by atoms with Crippen LogP contribution in [0.5, 0.6) is 5.75 Å². The maximum absolute atomic E-state index is 10.9. The maximum atomic E-state index is 10.9. The first-order valence-electron chi connectivity index (χ1n) is 9.25. The third kappa shape index (κ3) is 4.08. The number of rotatable bonds is 2. The van der Waals surface area contributed by atoms with E-state index in [0.717, 1.165) is 17.5 Å². The van der Waals surface area contributed by atoms with Crippen molar-refractivity contribution in [2.75, 3.05) is 0 Å². The van der Waals surface area contributed by atoms with Gasteiger partial charge in [0, 0.05) is 0 Å². The molecule has 0 heterocycles. The topological polar surface area (TPSA) is 20.2 Å². The van der Waals surface area contributed by atoms with E-state index >= 15 is 0 Å². The van der Waals surface area contributed by atoms with E-state index in [1.165, 1.54) is 27.8 Å². The second kappa shape index (κ2) is 6.52. The van der Waals surface area contributed by atoms with Gasteiger partial charge in [-0.3, -0.25) is 0 Å². The molecule has 2 aromatic rings. The van der Waals surface area contributed by atoms with Crippen LogP contribution in [0.1, 0.15) is 80.5 Å². The molecule has 0 saturated carbocycles. The van der Waals surface area contributed by atoms with Crippen molar-refractivity contribution < 1.29 is 5.11 Å². The first kappa shape index (κ1) is 19.6. The zero-order valence-corrected chi connectivity index (χ0v) is 17.5. The van der Waals surface area contributed by atoms with E-state index in [1.54, 1.807) is 0 Å². The fraction of sp³-hybridized carbons (Fsp3) is 0.500. The van der Waals surface area contributed by atoms with Crippen molar-refractivity contribution in [2.45, 2.75) is 79.6 Å². The Morgan fingerprint density at radius 3 is 1.64 bits per heavy atom. The maximum Gasteiger partial charge on any atom is 0.123 e. The molecule has 0 aliphatic rings. The predicted octanol–water partition coefficient (Wildman–Crippen LogP) is 6.50. The average Bonchev–Trinajstić information content (AvgIpc) is 2.46. The highest BCUT2D eigenvalue weighted by molar-refractivity contribution is 5.52. The third-order valence-corrected chi connectivity index (χ3v) is 5.27. The van der Waals surface area contributed by atoms with Crippen LogP contribution in [0.2, 0.25) is 0 Å². The Bertz CT molecular complexity index is 748. The van der Waals surface area contributed by atoms with Gasteiger partial charge in [-0.05, 0) is 77.0 Å². The lowest BCUT2D eigenvalue weighted by molar-refractivity contribution is 0.423. The van der Waals surface area contributed by atoms with Crippen molar-refractivity contribution in [1.82, 2.24) is 0 Å². The summed E-state index contributed by atoms with van der Waals surface area (Å²) in [6.07, 6.45) is 0.909. The SMILES string of the molecule is Cc1ccc(C)c(Cc2cc(C(C)(C)C)c(O)c(C(C)(C)C)c2)c1C. The van der Waals surface area contributed by atoms with Crippen LogP contribution in [0, 0.1) is 20.8 Å². The van der Waals surface area contributed by atoms with E-state index in [0.29, 0.717) is 5.75 Å². The number of benzene rings is 2.